The van der Waals surface area contributed by atoms with Gasteiger partial charge in [-0.15, -0.1) is 0 Å². The average molecular weight is 274 g/mol. The fourth-order valence-corrected chi connectivity index (χ4v) is 2.22. The molecule has 5 heteroatoms. The summed E-state index contributed by atoms with van der Waals surface area (Å²) in [5.41, 5.74) is 6.73. The number of hydrogen-bond acceptors (Lipinski definition) is 4. The summed E-state index contributed by atoms with van der Waals surface area (Å²) in [6.07, 6.45) is 0. The van der Waals surface area contributed by atoms with Crippen molar-refractivity contribution in [3.05, 3.63) is 16.1 Å². The van der Waals surface area contributed by atoms with Crippen molar-refractivity contribution in [2.24, 2.45) is 5.73 Å². The van der Waals surface area contributed by atoms with E-state index < -0.39 is 0 Å². The molecule has 1 aliphatic rings. The van der Waals surface area contributed by atoms with Crippen LogP contribution >= 0.6 is 15.9 Å². The topological polar surface area (TPSA) is 53.7 Å². The molecular weight excluding hydrogens is 262 g/mol. The molecule has 0 saturated carbocycles. The summed E-state index contributed by atoms with van der Waals surface area (Å²) in [6.45, 7) is 2.11. The molecule has 15 heavy (non-hydrogen) atoms. The third-order valence-electron chi connectivity index (χ3n) is 2.26. The second kappa shape index (κ2) is 3.90. The minimum atomic E-state index is -0.173. The van der Waals surface area contributed by atoms with Gasteiger partial charge in [-0.25, -0.2) is 0 Å². The Morgan fingerprint density at radius 3 is 2.87 bits per heavy atom. The van der Waals surface area contributed by atoms with Crippen molar-refractivity contribution < 1.29 is 14.2 Å². The van der Waals surface area contributed by atoms with Crippen LogP contribution in [0.15, 0.2) is 10.5 Å². The molecule has 1 aromatic carbocycles. The highest BCUT2D eigenvalue weighted by atomic mass is 79.9. The van der Waals surface area contributed by atoms with Gasteiger partial charge in [0.25, 0.3) is 0 Å². The van der Waals surface area contributed by atoms with Gasteiger partial charge < -0.3 is 19.9 Å². The highest BCUT2D eigenvalue weighted by Gasteiger charge is 2.26. The van der Waals surface area contributed by atoms with Gasteiger partial charge in [-0.05, 0) is 22.9 Å². The molecule has 0 spiro atoms. The molecular formula is C10H12BrNO3. The highest BCUT2D eigenvalue weighted by Crippen LogP contribution is 2.47. The number of hydrogen-bond donors (Lipinski definition) is 1. The van der Waals surface area contributed by atoms with Crippen LogP contribution in [0.25, 0.3) is 0 Å². The van der Waals surface area contributed by atoms with E-state index in [-0.39, 0.29) is 12.8 Å². The van der Waals surface area contributed by atoms with Crippen LogP contribution in [0.3, 0.4) is 0 Å². The third kappa shape index (κ3) is 1.66. The third-order valence-corrected chi connectivity index (χ3v) is 2.85. The molecule has 0 aromatic heterocycles. The molecule has 0 radical (unpaired) electrons. The first kappa shape index (κ1) is 10.6. The van der Waals surface area contributed by atoms with E-state index in [0.29, 0.717) is 17.2 Å². The molecule has 4 nitrogen and oxygen atoms in total. The van der Waals surface area contributed by atoms with Crippen molar-refractivity contribution in [1.82, 2.24) is 0 Å². The minimum Gasteiger partial charge on any atom is -0.495 e. The maximum atomic E-state index is 5.90. The zero-order chi connectivity index (χ0) is 11.0. The highest BCUT2D eigenvalue weighted by molar-refractivity contribution is 9.10. The van der Waals surface area contributed by atoms with Crippen molar-refractivity contribution in [3.8, 4) is 17.2 Å². The second-order valence-corrected chi connectivity index (χ2v) is 4.18. The molecule has 1 atom stereocenters. The maximum absolute atomic E-state index is 5.90. The van der Waals surface area contributed by atoms with Crippen LogP contribution in [0, 0.1) is 0 Å². The molecule has 0 aliphatic carbocycles. The van der Waals surface area contributed by atoms with Gasteiger partial charge in [0.2, 0.25) is 6.79 Å². The lowest BCUT2D eigenvalue weighted by Crippen LogP contribution is -2.08. The molecule has 0 fully saturated rings. The van der Waals surface area contributed by atoms with Crippen LogP contribution in [0.4, 0.5) is 0 Å². The molecule has 2 N–H and O–H groups in total. The molecule has 0 saturated heterocycles. The quantitative estimate of drug-likeness (QED) is 0.898. The fourth-order valence-electron chi connectivity index (χ4n) is 1.64. The van der Waals surface area contributed by atoms with Gasteiger partial charge in [0.15, 0.2) is 11.5 Å². The predicted octanol–water partition coefficient (Wildman–Crippen LogP) is 2.21. The number of nitrogens with two attached hydrogens (primary N) is 1. The Morgan fingerprint density at radius 1 is 1.53 bits per heavy atom. The van der Waals surface area contributed by atoms with Crippen molar-refractivity contribution in [2.45, 2.75) is 13.0 Å². The molecule has 1 heterocycles. The van der Waals surface area contributed by atoms with E-state index in [4.69, 9.17) is 19.9 Å². The molecule has 1 aromatic rings. The summed E-state index contributed by atoms with van der Waals surface area (Å²) < 4.78 is 16.8. The maximum Gasteiger partial charge on any atom is 0.231 e. The van der Waals surface area contributed by atoms with E-state index in [0.717, 1.165) is 10.0 Å². The van der Waals surface area contributed by atoms with Gasteiger partial charge in [-0.3, -0.25) is 0 Å². The van der Waals surface area contributed by atoms with E-state index in [1.807, 2.05) is 13.0 Å². The molecule has 1 unspecified atom stereocenters. The lowest BCUT2D eigenvalue weighted by molar-refractivity contribution is 0.173. The first-order valence-electron chi connectivity index (χ1n) is 4.56. The van der Waals surface area contributed by atoms with Crippen LogP contribution in [-0.2, 0) is 0 Å². The molecule has 0 bridgehead atoms. The van der Waals surface area contributed by atoms with E-state index in [1.54, 1.807) is 7.11 Å². The first-order chi connectivity index (χ1) is 7.15. The Hall–Kier alpha value is -0.940. The summed E-state index contributed by atoms with van der Waals surface area (Å²) in [5.74, 6) is 2.09. The molecule has 2 rings (SSSR count). The summed E-state index contributed by atoms with van der Waals surface area (Å²) >= 11 is 3.41. The van der Waals surface area contributed by atoms with Crippen LogP contribution < -0.4 is 19.9 Å². The van der Waals surface area contributed by atoms with Gasteiger partial charge >= 0.3 is 0 Å². The Balaban J connectivity index is 2.66. The van der Waals surface area contributed by atoms with E-state index >= 15 is 0 Å². The average Bonchev–Trinajstić information content (AvgIpc) is 2.62. The van der Waals surface area contributed by atoms with Gasteiger partial charge in [0, 0.05) is 12.1 Å². The Bertz CT molecular complexity index is 389. The lowest BCUT2D eigenvalue weighted by atomic mass is 10.1. The van der Waals surface area contributed by atoms with E-state index in [2.05, 4.69) is 15.9 Å². The van der Waals surface area contributed by atoms with E-state index in [1.165, 1.54) is 0 Å². The number of fused-ring (bicyclic) bond motifs is 1. The summed E-state index contributed by atoms with van der Waals surface area (Å²) in [6, 6.07) is 1.65. The van der Waals surface area contributed by atoms with Crippen LogP contribution in [0.1, 0.15) is 18.5 Å². The number of rotatable bonds is 2. The van der Waals surface area contributed by atoms with Gasteiger partial charge in [0.1, 0.15) is 5.75 Å². The standard InChI is InChI=1S/C10H12BrNO3/c1-5(12)8-9(13-2)6(11)3-7-10(8)15-4-14-7/h3,5H,4,12H2,1-2H3. The monoisotopic (exact) mass is 273 g/mol. The smallest absolute Gasteiger partial charge is 0.231 e. The lowest BCUT2D eigenvalue weighted by Gasteiger charge is -2.15. The molecule has 1 aliphatic heterocycles. The molecule has 82 valence electrons. The normalized spacial score (nSPS) is 15.2. The number of methoxy groups -OCH3 is 1. The summed E-state index contributed by atoms with van der Waals surface area (Å²) in [4.78, 5) is 0. The number of benzene rings is 1. The second-order valence-electron chi connectivity index (χ2n) is 3.33. The van der Waals surface area contributed by atoms with Crippen molar-refractivity contribution in [1.29, 1.82) is 0 Å². The fraction of sp³-hybridized carbons (Fsp3) is 0.400. The summed E-state index contributed by atoms with van der Waals surface area (Å²) in [5, 5.41) is 0. The summed E-state index contributed by atoms with van der Waals surface area (Å²) in [7, 11) is 1.61. The Kier molecular flexibility index (Phi) is 2.75. The van der Waals surface area contributed by atoms with Crippen molar-refractivity contribution in [3.63, 3.8) is 0 Å². The predicted molar refractivity (Wildman–Crippen MR) is 59.4 cm³/mol. The van der Waals surface area contributed by atoms with Crippen molar-refractivity contribution in [2.75, 3.05) is 13.9 Å². The van der Waals surface area contributed by atoms with Crippen molar-refractivity contribution >= 4 is 15.9 Å². The van der Waals surface area contributed by atoms with Gasteiger partial charge in [-0.2, -0.15) is 0 Å². The Labute approximate surface area is 96.4 Å². The number of ether oxygens (including phenoxy) is 3. The zero-order valence-corrected chi connectivity index (χ0v) is 10.1. The first-order valence-corrected chi connectivity index (χ1v) is 5.36. The number of halogens is 1. The van der Waals surface area contributed by atoms with Crippen LogP contribution in [0.5, 0.6) is 17.2 Å². The largest absolute Gasteiger partial charge is 0.495 e. The minimum absolute atomic E-state index is 0.173. The Morgan fingerprint density at radius 2 is 2.27 bits per heavy atom. The zero-order valence-electron chi connectivity index (χ0n) is 8.54. The van der Waals surface area contributed by atoms with Gasteiger partial charge in [0.05, 0.1) is 17.1 Å². The molecule has 0 amide bonds. The van der Waals surface area contributed by atoms with Gasteiger partial charge in [-0.1, -0.05) is 0 Å². The van der Waals surface area contributed by atoms with E-state index in [9.17, 15) is 0 Å². The van der Waals surface area contributed by atoms with Crippen LogP contribution in [0.2, 0.25) is 0 Å². The SMILES string of the molecule is COc1c(Br)cc2c(c1C(C)N)OCO2. The van der Waals surface area contributed by atoms with Crippen LogP contribution in [-0.4, -0.2) is 13.9 Å².